The molecule has 0 bridgehead atoms. The third-order valence-corrected chi connectivity index (χ3v) is 4.36. The first-order valence-electron chi connectivity index (χ1n) is 6.65. The van der Waals surface area contributed by atoms with Crippen LogP contribution in [0.15, 0.2) is 45.2 Å². The maximum atomic E-state index is 13.5. The van der Waals surface area contributed by atoms with Crippen molar-refractivity contribution in [3.8, 4) is 0 Å². The van der Waals surface area contributed by atoms with Crippen LogP contribution in [0.5, 0.6) is 0 Å². The molecule has 2 rings (SSSR count). The van der Waals surface area contributed by atoms with Gasteiger partial charge in [0.15, 0.2) is 5.96 Å². The van der Waals surface area contributed by atoms with Crippen molar-refractivity contribution in [1.29, 1.82) is 0 Å². The molecule has 1 aromatic carbocycles. The minimum Gasteiger partial charge on any atom is -0.370 e. The van der Waals surface area contributed by atoms with Crippen molar-refractivity contribution in [2.24, 2.45) is 10.7 Å². The molecule has 21 heavy (non-hydrogen) atoms. The Bertz CT molecular complexity index is 599. The number of guanidine groups is 1. The van der Waals surface area contributed by atoms with Crippen LogP contribution in [0.2, 0.25) is 0 Å². The molecule has 3 N–H and O–H groups in total. The molecule has 0 radical (unpaired) electrons. The normalized spacial score (nSPS) is 11.6. The summed E-state index contributed by atoms with van der Waals surface area (Å²) >= 11 is 5.05. The van der Waals surface area contributed by atoms with E-state index >= 15 is 0 Å². The molecule has 0 fully saturated rings. The third-order valence-electron chi connectivity index (χ3n) is 2.93. The van der Waals surface area contributed by atoms with Gasteiger partial charge >= 0.3 is 0 Å². The van der Waals surface area contributed by atoms with E-state index in [4.69, 9.17) is 5.73 Å². The Kier molecular flexibility index (Phi) is 6.20. The number of halogens is 2. The highest BCUT2D eigenvalue weighted by molar-refractivity contribution is 9.10. The van der Waals surface area contributed by atoms with Gasteiger partial charge in [0.05, 0.1) is 0 Å². The summed E-state index contributed by atoms with van der Waals surface area (Å²) in [5.41, 5.74) is 6.44. The maximum absolute atomic E-state index is 13.5. The van der Waals surface area contributed by atoms with Gasteiger partial charge in [-0.15, -0.1) is 11.3 Å². The number of nitrogens with zero attached hydrogens (tertiary/aromatic N) is 1. The minimum atomic E-state index is -0.201. The summed E-state index contributed by atoms with van der Waals surface area (Å²) in [4.78, 5) is 5.55. The molecule has 0 saturated heterocycles. The zero-order valence-electron chi connectivity index (χ0n) is 11.5. The molecular formula is C15H17BrFN3S. The van der Waals surface area contributed by atoms with Gasteiger partial charge in [0, 0.05) is 28.9 Å². The first-order valence-corrected chi connectivity index (χ1v) is 8.32. The monoisotopic (exact) mass is 369 g/mol. The van der Waals surface area contributed by atoms with Gasteiger partial charge < -0.3 is 11.1 Å². The van der Waals surface area contributed by atoms with Crippen molar-refractivity contribution in [1.82, 2.24) is 5.32 Å². The minimum absolute atomic E-state index is 0.201. The lowest BCUT2D eigenvalue weighted by Gasteiger charge is -2.07. The molecule has 0 spiro atoms. The zero-order valence-corrected chi connectivity index (χ0v) is 13.9. The lowest BCUT2D eigenvalue weighted by Crippen LogP contribution is -2.33. The van der Waals surface area contributed by atoms with Crippen molar-refractivity contribution < 1.29 is 4.39 Å². The fraction of sp³-hybridized carbons (Fsp3) is 0.267. The fourth-order valence-electron chi connectivity index (χ4n) is 1.86. The van der Waals surface area contributed by atoms with E-state index < -0.39 is 0 Å². The van der Waals surface area contributed by atoms with Crippen LogP contribution in [0.4, 0.5) is 4.39 Å². The van der Waals surface area contributed by atoms with Crippen LogP contribution in [0.1, 0.15) is 10.4 Å². The highest BCUT2D eigenvalue weighted by atomic mass is 79.9. The number of rotatable bonds is 6. The second kappa shape index (κ2) is 8.14. The van der Waals surface area contributed by atoms with Crippen LogP contribution in [0.3, 0.4) is 0 Å². The van der Waals surface area contributed by atoms with Gasteiger partial charge in [0.25, 0.3) is 0 Å². The van der Waals surface area contributed by atoms with Crippen LogP contribution >= 0.6 is 27.3 Å². The number of nitrogens with two attached hydrogens (primary N) is 1. The molecule has 0 aliphatic rings. The highest BCUT2D eigenvalue weighted by Crippen LogP contribution is 2.15. The molecule has 2 aromatic rings. The SMILES string of the molecule is NC(=NCCc1cccs1)NCCc1cc(Br)ccc1F. The average Bonchev–Trinajstić information content (AvgIpc) is 2.96. The number of benzene rings is 1. The Morgan fingerprint density at radius 1 is 1.33 bits per heavy atom. The smallest absolute Gasteiger partial charge is 0.188 e. The van der Waals surface area contributed by atoms with E-state index in [-0.39, 0.29) is 5.82 Å². The van der Waals surface area contributed by atoms with E-state index in [0.29, 0.717) is 31.0 Å². The largest absolute Gasteiger partial charge is 0.370 e. The van der Waals surface area contributed by atoms with Gasteiger partial charge in [-0.3, -0.25) is 4.99 Å². The molecule has 0 aliphatic heterocycles. The molecule has 0 amide bonds. The molecule has 112 valence electrons. The van der Waals surface area contributed by atoms with E-state index in [1.54, 1.807) is 23.5 Å². The lowest BCUT2D eigenvalue weighted by atomic mass is 10.1. The molecular weight excluding hydrogens is 353 g/mol. The number of hydrogen-bond donors (Lipinski definition) is 2. The van der Waals surface area contributed by atoms with E-state index in [1.165, 1.54) is 10.9 Å². The number of hydrogen-bond acceptors (Lipinski definition) is 2. The van der Waals surface area contributed by atoms with E-state index in [2.05, 4.69) is 32.3 Å². The van der Waals surface area contributed by atoms with Crippen molar-refractivity contribution >= 4 is 33.2 Å². The van der Waals surface area contributed by atoms with Gasteiger partial charge in [-0.05, 0) is 41.6 Å². The van der Waals surface area contributed by atoms with Crippen molar-refractivity contribution in [3.05, 3.63) is 56.4 Å². The van der Waals surface area contributed by atoms with Gasteiger partial charge in [-0.2, -0.15) is 0 Å². The zero-order chi connectivity index (χ0) is 15.1. The van der Waals surface area contributed by atoms with Crippen LogP contribution in [0, 0.1) is 5.82 Å². The predicted molar refractivity (Wildman–Crippen MR) is 90.3 cm³/mol. The Morgan fingerprint density at radius 2 is 2.19 bits per heavy atom. The second-order valence-corrected chi connectivity index (χ2v) is 6.46. The highest BCUT2D eigenvalue weighted by Gasteiger charge is 2.02. The Balaban J connectivity index is 1.73. The molecule has 0 saturated carbocycles. The summed E-state index contributed by atoms with van der Waals surface area (Å²) in [6.45, 7) is 1.21. The summed E-state index contributed by atoms with van der Waals surface area (Å²) in [7, 11) is 0. The standard InChI is InChI=1S/C15H17BrFN3S/c16-12-3-4-14(17)11(10-12)5-7-19-15(18)20-8-6-13-2-1-9-21-13/h1-4,9-10H,5-8H2,(H3,18,19,20). The first-order chi connectivity index (χ1) is 10.1. The number of nitrogens with one attached hydrogen (secondary N) is 1. The molecule has 0 unspecified atom stereocenters. The van der Waals surface area contributed by atoms with E-state index in [9.17, 15) is 4.39 Å². The van der Waals surface area contributed by atoms with Gasteiger partial charge in [-0.25, -0.2) is 4.39 Å². The molecule has 0 aliphatic carbocycles. The summed E-state index contributed by atoms with van der Waals surface area (Å²) in [6, 6.07) is 9.03. The first kappa shape index (κ1) is 16.0. The Morgan fingerprint density at radius 3 is 2.95 bits per heavy atom. The van der Waals surface area contributed by atoms with Crippen LogP contribution in [-0.4, -0.2) is 19.0 Å². The van der Waals surface area contributed by atoms with Crippen molar-refractivity contribution in [2.75, 3.05) is 13.1 Å². The molecule has 0 atom stereocenters. The number of thiophene rings is 1. The van der Waals surface area contributed by atoms with Crippen molar-refractivity contribution in [2.45, 2.75) is 12.8 Å². The van der Waals surface area contributed by atoms with Crippen LogP contribution in [0.25, 0.3) is 0 Å². The van der Waals surface area contributed by atoms with E-state index in [0.717, 1.165) is 10.9 Å². The molecule has 6 heteroatoms. The number of aliphatic imine (C=N–C) groups is 1. The summed E-state index contributed by atoms with van der Waals surface area (Å²) < 4.78 is 14.4. The fourth-order valence-corrected chi connectivity index (χ4v) is 2.96. The van der Waals surface area contributed by atoms with Crippen LogP contribution in [-0.2, 0) is 12.8 Å². The van der Waals surface area contributed by atoms with Gasteiger partial charge in [-0.1, -0.05) is 22.0 Å². The molecule has 3 nitrogen and oxygen atoms in total. The topological polar surface area (TPSA) is 50.4 Å². The predicted octanol–water partition coefficient (Wildman–Crippen LogP) is 3.34. The molecule has 1 aromatic heterocycles. The van der Waals surface area contributed by atoms with Crippen molar-refractivity contribution in [3.63, 3.8) is 0 Å². The maximum Gasteiger partial charge on any atom is 0.188 e. The Labute approximate surface area is 136 Å². The lowest BCUT2D eigenvalue weighted by molar-refractivity contribution is 0.607. The third kappa shape index (κ3) is 5.47. The average molecular weight is 370 g/mol. The molecule has 1 heterocycles. The summed E-state index contributed by atoms with van der Waals surface area (Å²) in [5, 5.41) is 5.06. The van der Waals surface area contributed by atoms with Gasteiger partial charge in [0.1, 0.15) is 5.82 Å². The van der Waals surface area contributed by atoms with Gasteiger partial charge in [0.2, 0.25) is 0 Å². The van der Waals surface area contributed by atoms with E-state index in [1.807, 2.05) is 11.4 Å². The second-order valence-electron chi connectivity index (χ2n) is 4.51. The Hall–Kier alpha value is -1.40. The summed E-state index contributed by atoms with van der Waals surface area (Å²) in [6.07, 6.45) is 1.45. The quantitative estimate of drug-likeness (QED) is 0.605. The summed E-state index contributed by atoms with van der Waals surface area (Å²) in [5.74, 6) is 0.204. The van der Waals surface area contributed by atoms with Crippen LogP contribution < -0.4 is 11.1 Å².